The molecule has 0 aromatic carbocycles. The number of piperidine rings is 1. The zero-order chi connectivity index (χ0) is 15.4. The molecule has 1 saturated heterocycles. The molecule has 1 heterocycles. The summed E-state index contributed by atoms with van der Waals surface area (Å²) in [6.45, 7) is 7.23. The fraction of sp³-hybridized carbons (Fsp3) is 0.765. The third kappa shape index (κ3) is 4.08. The average Bonchev–Trinajstić information content (AvgIpc) is 2.48. The van der Waals surface area contributed by atoms with Gasteiger partial charge in [-0.25, -0.2) is 0 Å². The summed E-state index contributed by atoms with van der Waals surface area (Å²) in [4.78, 5) is 18.4. The van der Waals surface area contributed by atoms with Gasteiger partial charge in [0.2, 0.25) is 5.91 Å². The Balaban J connectivity index is 2.06. The summed E-state index contributed by atoms with van der Waals surface area (Å²) in [5.74, 6) is 1.02. The molecule has 0 aromatic heterocycles. The number of allylic oxidation sites excluding steroid dienone is 1. The standard InChI is InChI=1S/C17H29N3O/c1-4-14-5-7-15(8-6-14)19-17-9-10-20(13(3)21)11-16(17)12(2)18/h14-15H,4-11,18H2,1-3H3. The molecule has 0 spiro atoms. The number of amides is 1. The Morgan fingerprint density at radius 2 is 1.95 bits per heavy atom. The molecule has 4 nitrogen and oxygen atoms in total. The smallest absolute Gasteiger partial charge is 0.219 e. The number of carbonyl (C=O) groups is 1. The van der Waals surface area contributed by atoms with Crippen molar-refractivity contribution in [3.8, 4) is 0 Å². The van der Waals surface area contributed by atoms with Crippen LogP contribution < -0.4 is 5.73 Å². The molecule has 2 rings (SSSR count). The normalized spacial score (nSPS) is 31.4. The van der Waals surface area contributed by atoms with E-state index in [1.54, 1.807) is 6.92 Å². The third-order valence-electron chi connectivity index (χ3n) is 4.97. The van der Waals surface area contributed by atoms with Gasteiger partial charge >= 0.3 is 0 Å². The van der Waals surface area contributed by atoms with Gasteiger partial charge in [0.25, 0.3) is 0 Å². The van der Waals surface area contributed by atoms with Crippen LogP contribution in [-0.4, -0.2) is 35.7 Å². The van der Waals surface area contributed by atoms with Gasteiger partial charge < -0.3 is 10.6 Å². The van der Waals surface area contributed by atoms with E-state index in [2.05, 4.69) is 6.92 Å². The Bertz CT molecular complexity index is 441. The monoisotopic (exact) mass is 291 g/mol. The van der Waals surface area contributed by atoms with Gasteiger partial charge in [-0.05, 0) is 38.5 Å². The van der Waals surface area contributed by atoms with Crippen molar-refractivity contribution in [1.82, 2.24) is 4.90 Å². The molecule has 2 aliphatic rings. The average molecular weight is 291 g/mol. The van der Waals surface area contributed by atoms with E-state index >= 15 is 0 Å². The lowest BCUT2D eigenvalue weighted by Crippen LogP contribution is -2.40. The highest BCUT2D eigenvalue weighted by molar-refractivity contribution is 6.02. The number of nitrogens with zero attached hydrogens (tertiary/aromatic N) is 2. The van der Waals surface area contributed by atoms with E-state index in [1.807, 2.05) is 11.8 Å². The van der Waals surface area contributed by atoms with Gasteiger partial charge in [-0.15, -0.1) is 0 Å². The maximum Gasteiger partial charge on any atom is 0.219 e. The predicted molar refractivity (Wildman–Crippen MR) is 87.2 cm³/mol. The lowest BCUT2D eigenvalue weighted by atomic mass is 9.84. The summed E-state index contributed by atoms with van der Waals surface area (Å²) in [6, 6.07) is 0.459. The molecule has 1 aliphatic carbocycles. The van der Waals surface area contributed by atoms with Crippen LogP contribution in [0.3, 0.4) is 0 Å². The summed E-state index contributed by atoms with van der Waals surface area (Å²) in [6.07, 6.45) is 7.15. The van der Waals surface area contributed by atoms with Crippen molar-refractivity contribution in [2.45, 2.75) is 65.3 Å². The second-order valence-corrected chi connectivity index (χ2v) is 6.51. The number of likely N-dealkylation sites (tertiary alicyclic amines) is 1. The van der Waals surface area contributed by atoms with Crippen LogP contribution in [0.2, 0.25) is 0 Å². The Kier molecular flexibility index (Phi) is 5.43. The van der Waals surface area contributed by atoms with Crippen LogP contribution in [0.25, 0.3) is 0 Å². The van der Waals surface area contributed by atoms with E-state index in [9.17, 15) is 4.79 Å². The Hall–Kier alpha value is -1.32. The van der Waals surface area contributed by atoms with Crippen LogP contribution in [0.5, 0.6) is 0 Å². The lowest BCUT2D eigenvalue weighted by Gasteiger charge is -2.32. The fourth-order valence-electron chi connectivity index (χ4n) is 3.42. The van der Waals surface area contributed by atoms with Gasteiger partial charge in [0.05, 0.1) is 6.04 Å². The first-order valence-corrected chi connectivity index (χ1v) is 8.29. The molecule has 1 saturated carbocycles. The van der Waals surface area contributed by atoms with Crippen molar-refractivity contribution < 1.29 is 4.79 Å². The van der Waals surface area contributed by atoms with E-state index in [1.165, 1.54) is 32.1 Å². The summed E-state index contributed by atoms with van der Waals surface area (Å²) >= 11 is 0. The summed E-state index contributed by atoms with van der Waals surface area (Å²) in [7, 11) is 0. The number of hydrogen-bond donors (Lipinski definition) is 1. The third-order valence-corrected chi connectivity index (χ3v) is 4.97. The topological polar surface area (TPSA) is 58.7 Å². The Labute approximate surface area is 128 Å². The second-order valence-electron chi connectivity index (χ2n) is 6.51. The van der Waals surface area contributed by atoms with Crippen LogP contribution in [0.15, 0.2) is 16.3 Å². The molecule has 118 valence electrons. The zero-order valence-electron chi connectivity index (χ0n) is 13.7. The molecule has 0 radical (unpaired) electrons. The van der Waals surface area contributed by atoms with Gasteiger partial charge in [0.15, 0.2) is 0 Å². The van der Waals surface area contributed by atoms with E-state index in [-0.39, 0.29) is 5.91 Å². The van der Waals surface area contributed by atoms with Crippen LogP contribution in [0.1, 0.15) is 59.3 Å². The molecule has 0 atom stereocenters. The predicted octanol–water partition coefficient (Wildman–Crippen LogP) is 2.88. The van der Waals surface area contributed by atoms with Crippen molar-refractivity contribution in [1.29, 1.82) is 0 Å². The van der Waals surface area contributed by atoms with Crippen molar-refractivity contribution in [2.24, 2.45) is 16.6 Å². The van der Waals surface area contributed by atoms with E-state index in [4.69, 9.17) is 10.7 Å². The van der Waals surface area contributed by atoms with E-state index < -0.39 is 0 Å². The molecule has 0 aromatic rings. The van der Waals surface area contributed by atoms with Crippen LogP contribution in [-0.2, 0) is 4.79 Å². The van der Waals surface area contributed by atoms with Crippen LogP contribution >= 0.6 is 0 Å². The minimum absolute atomic E-state index is 0.122. The molecule has 21 heavy (non-hydrogen) atoms. The molecule has 0 bridgehead atoms. The highest BCUT2D eigenvalue weighted by Gasteiger charge is 2.25. The van der Waals surface area contributed by atoms with Crippen molar-refractivity contribution in [2.75, 3.05) is 13.1 Å². The minimum atomic E-state index is 0.122. The van der Waals surface area contributed by atoms with Gasteiger partial charge in [0, 0.05) is 43.4 Å². The summed E-state index contributed by atoms with van der Waals surface area (Å²) in [5, 5.41) is 0. The first-order chi connectivity index (χ1) is 10.0. The Morgan fingerprint density at radius 3 is 2.48 bits per heavy atom. The number of hydrogen-bond acceptors (Lipinski definition) is 3. The molecule has 2 fully saturated rings. The molecular weight excluding hydrogens is 262 g/mol. The number of nitrogens with two attached hydrogens (primary N) is 1. The highest BCUT2D eigenvalue weighted by atomic mass is 16.2. The Morgan fingerprint density at radius 1 is 1.29 bits per heavy atom. The van der Waals surface area contributed by atoms with Crippen LogP contribution in [0, 0.1) is 5.92 Å². The molecule has 0 unspecified atom stereocenters. The first kappa shape index (κ1) is 16.1. The minimum Gasteiger partial charge on any atom is -0.402 e. The first-order valence-electron chi connectivity index (χ1n) is 8.29. The molecule has 2 N–H and O–H groups in total. The molecular formula is C17H29N3O. The van der Waals surface area contributed by atoms with E-state index in [0.717, 1.165) is 35.9 Å². The van der Waals surface area contributed by atoms with Crippen molar-refractivity contribution >= 4 is 11.6 Å². The highest BCUT2D eigenvalue weighted by Crippen LogP contribution is 2.29. The van der Waals surface area contributed by atoms with Gasteiger partial charge in [-0.3, -0.25) is 9.79 Å². The molecule has 1 aliphatic heterocycles. The number of carbonyl (C=O) groups excluding carboxylic acids is 1. The molecule has 4 heteroatoms. The van der Waals surface area contributed by atoms with Gasteiger partial charge in [-0.1, -0.05) is 13.3 Å². The maximum atomic E-state index is 11.6. The molecule has 1 amide bonds. The fourth-order valence-corrected chi connectivity index (χ4v) is 3.42. The lowest BCUT2D eigenvalue weighted by molar-refractivity contribution is -0.128. The summed E-state index contributed by atoms with van der Waals surface area (Å²) in [5.41, 5.74) is 9.06. The second kappa shape index (κ2) is 7.10. The van der Waals surface area contributed by atoms with Crippen LogP contribution in [0.4, 0.5) is 0 Å². The zero-order valence-corrected chi connectivity index (χ0v) is 13.7. The largest absolute Gasteiger partial charge is 0.402 e. The SMILES string of the molecule is CCC1CCC(N=C2CCN(C(C)=O)CC2=C(C)N)CC1. The van der Waals surface area contributed by atoms with Gasteiger partial charge in [0.1, 0.15) is 0 Å². The number of rotatable bonds is 2. The maximum absolute atomic E-state index is 11.6. The quantitative estimate of drug-likeness (QED) is 0.850. The summed E-state index contributed by atoms with van der Waals surface area (Å²) < 4.78 is 0. The number of aliphatic imine (C=N–C) groups is 1. The van der Waals surface area contributed by atoms with Crippen molar-refractivity contribution in [3.05, 3.63) is 11.3 Å². The van der Waals surface area contributed by atoms with E-state index in [0.29, 0.717) is 12.6 Å². The van der Waals surface area contributed by atoms with Gasteiger partial charge in [-0.2, -0.15) is 0 Å². The van der Waals surface area contributed by atoms with Crippen molar-refractivity contribution in [3.63, 3.8) is 0 Å².